The highest BCUT2D eigenvalue weighted by Crippen LogP contribution is 2.33. The first-order valence-electron chi connectivity index (χ1n) is 6.83. The molecule has 0 radical (unpaired) electrons. The summed E-state index contributed by atoms with van der Waals surface area (Å²) in [5.74, 6) is 1.66. The lowest BCUT2D eigenvalue weighted by Crippen LogP contribution is -2.20. The summed E-state index contributed by atoms with van der Waals surface area (Å²) in [6.45, 7) is 1.23. The molecule has 0 bridgehead atoms. The number of aromatic nitrogens is 1. The van der Waals surface area contributed by atoms with Crippen molar-refractivity contribution in [2.75, 3.05) is 20.3 Å². The largest absolute Gasteiger partial charge is 0.486 e. The summed E-state index contributed by atoms with van der Waals surface area (Å²) in [5, 5.41) is 3.34. The molecule has 1 aliphatic rings. The first-order chi connectivity index (χ1) is 9.86. The van der Waals surface area contributed by atoms with E-state index in [4.69, 9.17) is 9.47 Å². The predicted octanol–water partition coefficient (Wildman–Crippen LogP) is 2.36. The fraction of sp³-hybridized carbons (Fsp3) is 0.312. The van der Waals surface area contributed by atoms with E-state index in [9.17, 15) is 0 Å². The van der Waals surface area contributed by atoms with Crippen molar-refractivity contribution in [1.82, 2.24) is 10.3 Å². The van der Waals surface area contributed by atoms with Crippen molar-refractivity contribution in [3.05, 3.63) is 53.9 Å². The molecule has 2 aromatic rings. The number of pyridine rings is 1. The Bertz CT molecular complexity index is 572. The molecule has 1 aliphatic heterocycles. The molecule has 0 aliphatic carbocycles. The van der Waals surface area contributed by atoms with Gasteiger partial charge in [0.15, 0.2) is 11.5 Å². The van der Waals surface area contributed by atoms with Crippen molar-refractivity contribution < 1.29 is 9.47 Å². The fourth-order valence-electron chi connectivity index (χ4n) is 2.39. The van der Waals surface area contributed by atoms with Crippen LogP contribution in [0.4, 0.5) is 0 Å². The molecule has 3 rings (SSSR count). The summed E-state index contributed by atoms with van der Waals surface area (Å²) in [4.78, 5) is 4.38. The minimum absolute atomic E-state index is 0.209. The van der Waals surface area contributed by atoms with Gasteiger partial charge in [0.05, 0.1) is 0 Å². The number of hydrogen-bond donors (Lipinski definition) is 1. The highest BCUT2D eigenvalue weighted by Gasteiger charge is 2.16. The predicted molar refractivity (Wildman–Crippen MR) is 77.2 cm³/mol. The van der Waals surface area contributed by atoms with Crippen LogP contribution in [0.1, 0.15) is 17.3 Å². The van der Waals surface area contributed by atoms with Crippen molar-refractivity contribution in [3.8, 4) is 11.5 Å². The van der Waals surface area contributed by atoms with Crippen molar-refractivity contribution in [2.45, 2.75) is 12.5 Å². The van der Waals surface area contributed by atoms with Gasteiger partial charge in [-0.05, 0) is 36.9 Å². The van der Waals surface area contributed by atoms with Crippen LogP contribution < -0.4 is 14.8 Å². The fourth-order valence-corrected chi connectivity index (χ4v) is 2.39. The van der Waals surface area contributed by atoms with E-state index in [1.54, 1.807) is 0 Å². The van der Waals surface area contributed by atoms with E-state index in [0.717, 1.165) is 23.6 Å². The van der Waals surface area contributed by atoms with Gasteiger partial charge < -0.3 is 14.8 Å². The zero-order chi connectivity index (χ0) is 13.8. The molecule has 1 unspecified atom stereocenters. The Morgan fingerprint density at radius 2 is 2.00 bits per heavy atom. The van der Waals surface area contributed by atoms with E-state index in [2.05, 4.69) is 22.4 Å². The molecule has 1 atom stereocenters. The Hall–Kier alpha value is -2.07. The Morgan fingerprint density at radius 1 is 1.15 bits per heavy atom. The van der Waals surface area contributed by atoms with Gasteiger partial charge in [-0.2, -0.15) is 0 Å². The van der Waals surface area contributed by atoms with Crippen LogP contribution in [0.5, 0.6) is 11.5 Å². The molecule has 20 heavy (non-hydrogen) atoms. The average molecular weight is 270 g/mol. The first kappa shape index (κ1) is 12.9. The van der Waals surface area contributed by atoms with Crippen LogP contribution in [0, 0.1) is 0 Å². The lowest BCUT2D eigenvalue weighted by Gasteiger charge is -2.22. The zero-order valence-corrected chi connectivity index (χ0v) is 11.5. The number of nitrogens with one attached hydrogen (secondary N) is 1. The maximum Gasteiger partial charge on any atom is 0.161 e. The molecule has 1 N–H and O–H groups in total. The summed E-state index contributed by atoms with van der Waals surface area (Å²) in [5.41, 5.74) is 2.25. The minimum atomic E-state index is 0.209. The standard InChI is InChI=1S/C16H18N2O2/c1-17-14(11-13-4-2-3-7-18-13)12-5-6-15-16(10-12)20-9-8-19-15/h2-7,10,14,17H,8-9,11H2,1H3. The number of benzene rings is 1. The Morgan fingerprint density at radius 3 is 2.75 bits per heavy atom. The minimum Gasteiger partial charge on any atom is -0.486 e. The third-order valence-electron chi connectivity index (χ3n) is 3.46. The molecule has 0 amide bonds. The maximum atomic E-state index is 5.64. The number of rotatable bonds is 4. The van der Waals surface area contributed by atoms with Gasteiger partial charge in [-0.3, -0.25) is 4.98 Å². The highest BCUT2D eigenvalue weighted by atomic mass is 16.6. The molecular formula is C16H18N2O2. The second-order valence-electron chi connectivity index (χ2n) is 4.77. The van der Waals surface area contributed by atoms with E-state index in [1.165, 1.54) is 5.56 Å². The van der Waals surface area contributed by atoms with Crippen molar-refractivity contribution in [3.63, 3.8) is 0 Å². The number of nitrogens with zero attached hydrogens (tertiary/aromatic N) is 1. The topological polar surface area (TPSA) is 43.4 Å². The molecule has 1 aromatic heterocycles. The number of hydrogen-bond acceptors (Lipinski definition) is 4. The summed E-state index contributed by atoms with van der Waals surface area (Å²) in [6, 6.07) is 12.3. The molecule has 4 nitrogen and oxygen atoms in total. The van der Waals surface area contributed by atoms with E-state index in [1.807, 2.05) is 37.5 Å². The SMILES string of the molecule is CNC(Cc1ccccn1)c1ccc2c(c1)OCCO2. The monoisotopic (exact) mass is 270 g/mol. The van der Waals surface area contributed by atoms with Gasteiger partial charge in [0, 0.05) is 24.4 Å². The summed E-state index contributed by atoms with van der Waals surface area (Å²) in [6.07, 6.45) is 2.67. The van der Waals surface area contributed by atoms with Crippen LogP contribution in [-0.2, 0) is 6.42 Å². The Kier molecular flexibility index (Phi) is 3.83. The van der Waals surface area contributed by atoms with E-state index in [-0.39, 0.29) is 6.04 Å². The zero-order valence-electron chi connectivity index (χ0n) is 11.5. The van der Waals surface area contributed by atoms with Crippen LogP contribution in [-0.4, -0.2) is 25.2 Å². The molecule has 0 spiro atoms. The van der Waals surface area contributed by atoms with Crippen LogP contribution in [0.2, 0.25) is 0 Å². The number of likely N-dealkylation sites (N-methyl/N-ethyl adjacent to an activating group) is 1. The molecular weight excluding hydrogens is 252 g/mol. The molecule has 0 saturated heterocycles. The van der Waals surface area contributed by atoms with Crippen LogP contribution in [0.25, 0.3) is 0 Å². The van der Waals surface area contributed by atoms with Gasteiger partial charge >= 0.3 is 0 Å². The van der Waals surface area contributed by atoms with Crippen LogP contribution in [0.15, 0.2) is 42.6 Å². The van der Waals surface area contributed by atoms with Crippen molar-refractivity contribution in [2.24, 2.45) is 0 Å². The van der Waals surface area contributed by atoms with Gasteiger partial charge in [0.25, 0.3) is 0 Å². The maximum absolute atomic E-state index is 5.64. The molecule has 0 saturated carbocycles. The molecule has 1 aromatic carbocycles. The smallest absolute Gasteiger partial charge is 0.161 e. The summed E-state index contributed by atoms with van der Waals surface area (Å²) < 4.78 is 11.2. The third-order valence-corrected chi connectivity index (χ3v) is 3.46. The highest BCUT2D eigenvalue weighted by molar-refractivity contribution is 5.44. The molecule has 4 heteroatoms. The molecule has 104 valence electrons. The lowest BCUT2D eigenvalue weighted by atomic mass is 10.0. The van der Waals surface area contributed by atoms with Gasteiger partial charge in [-0.1, -0.05) is 12.1 Å². The second kappa shape index (κ2) is 5.92. The second-order valence-corrected chi connectivity index (χ2v) is 4.77. The first-order valence-corrected chi connectivity index (χ1v) is 6.83. The van der Waals surface area contributed by atoms with E-state index in [0.29, 0.717) is 13.2 Å². The quantitative estimate of drug-likeness (QED) is 0.926. The van der Waals surface area contributed by atoms with Crippen molar-refractivity contribution >= 4 is 0 Å². The van der Waals surface area contributed by atoms with Gasteiger partial charge in [-0.15, -0.1) is 0 Å². The van der Waals surface area contributed by atoms with Gasteiger partial charge in [0.1, 0.15) is 13.2 Å². The normalized spacial score (nSPS) is 14.8. The number of fused-ring (bicyclic) bond motifs is 1. The van der Waals surface area contributed by atoms with Crippen LogP contribution in [0.3, 0.4) is 0 Å². The Labute approximate surface area is 118 Å². The third kappa shape index (κ3) is 2.75. The van der Waals surface area contributed by atoms with Gasteiger partial charge in [-0.25, -0.2) is 0 Å². The van der Waals surface area contributed by atoms with Gasteiger partial charge in [0.2, 0.25) is 0 Å². The summed E-state index contributed by atoms with van der Waals surface area (Å²) in [7, 11) is 1.96. The Balaban J connectivity index is 1.82. The van der Waals surface area contributed by atoms with E-state index < -0.39 is 0 Å². The molecule has 0 fully saturated rings. The van der Waals surface area contributed by atoms with Crippen LogP contribution >= 0.6 is 0 Å². The van der Waals surface area contributed by atoms with E-state index >= 15 is 0 Å². The lowest BCUT2D eigenvalue weighted by molar-refractivity contribution is 0.171. The average Bonchev–Trinajstić information content (AvgIpc) is 2.53. The van der Waals surface area contributed by atoms with Crippen molar-refractivity contribution in [1.29, 1.82) is 0 Å². The number of ether oxygens (including phenoxy) is 2. The summed E-state index contributed by atoms with van der Waals surface area (Å²) >= 11 is 0. The molecule has 2 heterocycles.